The first-order chi connectivity index (χ1) is 19.9. The van der Waals surface area contributed by atoms with Gasteiger partial charge in [0.15, 0.2) is 5.13 Å². The van der Waals surface area contributed by atoms with Crippen molar-refractivity contribution in [2.75, 3.05) is 31.2 Å². The predicted octanol–water partition coefficient (Wildman–Crippen LogP) is 3.98. The number of rotatable bonds is 12. The van der Waals surface area contributed by atoms with Crippen molar-refractivity contribution in [1.29, 1.82) is 0 Å². The van der Waals surface area contributed by atoms with Gasteiger partial charge in [-0.1, -0.05) is 55.5 Å². The van der Waals surface area contributed by atoms with Crippen LogP contribution in [0.4, 0.5) is 10.8 Å². The topological polar surface area (TPSA) is 158 Å². The lowest BCUT2D eigenvalue weighted by Gasteiger charge is -2.31. The number of benzene rings is 3. The molecule has 0 bridgehead atoms. The van der Waals surface area contributed by atoms with Crippen molar-refractivity contribution in [3.8, 4) is 5.75 Å². The Balaban J connectivity index is 1.64. The smallest absolute Gasteiger partial charge is 0.252 e. The average molecular weight is 612 g/mol. The lowest BCUT2D eigenvalue weighted by molar-refractivity contribution is 0.0775. The molecule has 12 heteroatoms. The average Bonchev–Trinajstić information content (AvgIpc) is 3.38. The first kappa shape index (κ1) is 31.2. The van der Waals surface area contributed by atoms with E-state index >= 15 is 0 Å². The zero-order valence-electron chi connectivity index (χ0n) is 24.0. The summed E-state index contributed by atoms with van der Waals surface area (Å²) in [5, 5.41) is 28.3. The first-order valence-corrected chi connectivity index (χ1v) is 15.9. The zero-order valence-corrected chi connectivity index (χ0v) is 25.7. The summed E-state index contributed by atoms with van der Waals surface area (Å²) in [4.78, 5) is 17.9. The number of phenolic OH excluding ortho intramolecular Hbond substituents is 1. The van der Waals surface area contributed by atoms with Gasteiger partial charge in [-0.3, -0.25) is 4.79 Å². The summed E-state index contributed by atoms with van der Waals surface area (Å²) in [6.07, 6.45) is -1.00. The summed E-state index contributed by atoms with van der Waals surface area (Å²) < 4.78 is 29.8. The van der Waals surface area contributed by atoms with Crippen LogP contribution >= 0.6 is 11.3 Å². The summed E-state index contributed by atoms with van der Waals surface area (Å²) in [7, 11) is -2.26. The van der Waals surface area contributed by atoms with Gasteiger partial charge in [0.05, 0.1) is 32.9 Å². The van der Waals surface area contributed by atoms with E-state index in [9.17, 15) is 23.4 Å². The van der Waals surface area contributed by atoms with Gasteiger partial charge in [0.25, 0.3) is 5.91 Å². The fraction of sp³-hybridized carbons (Fsp3) is 0.333. The number of aromatic hydroxyl groups is 1. The molecule has 1 heterocycles. The zero-order chi connectivity index (χ0) is 30.6. The number of fused-ring (bicyclic) bond motifs is 1. The van der Waals surface area contributed by atoms with Crippen molar-refractivity contribution in [3.63, 3.8) is 0 Å². The summed E-state index contributed by atoms with van der Waals surface area (Å²) in [5.41, 5.74) is 7.98. The number of nitrogen functional groups attached to an aromatic ring is 1. The fourth-order valence-corrected chi connectivity index (χ4v) is 7.28. The molecule has 0 fully saturated rings. The summed E-state index contributed by atoms with van der Waals surface area (Å²) in [6, 6.07) is 16.2. The molecule has 42 heavy (non-hydrogen) atoms. The van der Waals surface area contributed by atoms with E-state index in [-0.39, 0.29) is 47.3 Å². The molecular weight excluding hydrogens is 574 g/mol. The van der Waals surface area contributed by atoms with Crippen molar-refractivity contribution in [3.05, 3.63) is 77.4 Å². The number of nitrogens with one attached hydrogen (secondary N) is 2. The van der Waals surface area contributed by atoms with Gasteiger partial charge in [0.1, 0.15) is 5.75 Å². The number of anilines is 2. The minimum atomic E-state index is -4.01. The molecule has 2 unspecified atom stereocenters. The van der Waals surface area contributed by atoms with Gasteiger partial charge in [-0.15, -0.1) is 0 Å². The molecule has 1 amide bonds. The van der Waals surface area contributed by atoms with Crippen molar-refractivity contribution in [2.24, 2.45) is 5.92 Å². The van der Waals surface area contributed by atoms with Gasteiger partial charge < -0.3 is 26.6 Å². The van der Waals surface area contributed by atoms with E-state index in [1.165, 1.54) is 33.8 Å². The summed E-state index contributed by atoms with van der Waals surface area (Å²) >= 11 is 1.35. The Morgan fingerprint density at radius 1 is 1.10 bits per heavy atom. The highest BCUT2D eigenvalue weighted by Gasteiger charge is 2.32. The quantitative estimate of drug-likeness (QED) is 0.119. The fourth-order valence-electron chi connectivity index (χ4n) is 4.70. The Hall–Kier alpha value is -3.71. The highest BCUT2D eigenvalue weighted by Crippen LogP contribution is 2.30. The van der Waals surface area contributed by atoms with E-state index in [0.29, 0.717) is 16.2 Å². The number of carbonyl (C=O) groups excluding carboxylic acids is 1. The number of nitrogens with two attached hydrogens (primary N) is 1. The summed E-state index contributed by atoms with van der Waals surface area (Å²) in [6.45, 7) is 5.31. The maximum atomic E-state index is 13.9. The van der Waals surface area contributed by atoms with Crippen LogP contribution in [0, 0.1) is 12.8 Å². The molecule has 0 aliphatic heterocycles. The second-order valence-corrected chi connectivity index (χ2v) is 13.6. The molecule has 6 N–H and O–H groups in total. The van der Waals surface area contributed by atoms with Crippen LogP contribution in [0.5, 0.6) is 5.75 Å². The van der Waals surface area contributed by atoms with Gasteiger partial charge in [-0.25, -0.2) is 13.4 Å². The largest absolute Gasteiger partial charge is 0.505 e. The second kappa shape index (κ2) is 13.1. The van der Waals surface area contributed by atoms with E-state index < -0.39 is 28.1 Å². The Kier molecular flexibility index (Phi) is 9.72. The van der Waals surface area contributed by atoms with Crippen LogP contribution in [-0.4, -0.2) is 66.1 Å². The molecular formula is C30H37N5O5S2. The highest BCUT2D eigenvalue weighted by molar-refractivity contribution is 7.89. The molecule has 1 aromatic heterocycles. The molecule has 0 spiro atoms. The number of nitrogens with zero attached hydrogens (tertiary/aromatic N) is 2. The molecule has 2 atom stereocenters. The number of thiazole rings is 1. The Morgan fingerprint density at radius 2 is 1.81 bits per heavy atom. The van der Waals surface area contributed by atoms with E-state index in [1.807, 2.05) is 44.2 Å². The number of amides is 1. The third kappa shape index (κ3) is 7.01. The lowest BCUT2D eigenvalue weighted by Crippen LogP contribution is -2.51. The van der Waals surface area contributed by atoms with Gasteiger partial charge >= 0.3 is 0 Å². The number of aromatic nitrogens is 1. The number of hydrogen-bond acceptors (Lipinski definition) is 9. The SMILES string of the molecule is CNc1nc2ccc(S(=O)(=O)N(CC(C)C)CC(O)C(Cc3ccccc3)NC(=O)c3ccc(N)c(O)c3C)cc2s1. The van der Waals surface area contributed by atoms with Crippen molar-refractivity contribution in [2.45, 2.75) is 44.2 Å². The molecule has 224 valence electrons. The van der Waals surface area contributed by atoms with Crippen LogP contribution in [-0.2, 0) is 16.4 Å². The third-order valence-corrected chi connectivity index (χ3v) is 9.82. The summed E-state index contributed by atoms with van der Waals surface area (Å²) in [5.74, 6) is -0.730. The standard InChI is InChI=1S/C30H37N5O5S2/c1-18(2)16-35(42(39,40)21-10-13-24-27(15-21)41-30(32-4)34-24)17-26(36)25(14-20-8-6-5-7-9-20)33-29(38)22-11-12-23(31)28(37)19(22)3/h5-13,15,18,25-26,36-37H,14,16-17,31H2,1-4H3,(H,32,34)(H,33,38). The van der Waals surface area contributed by atoms with Gasteiger partial charge in [0, 0.05) is 31.3 Å². The minimum absolute atomic E-state index is 0.0300. The van der Waals surface area contributed by atoms with Crippen LogP contribution < -0.4 is 16.4 Å². The molecule has 0 aliphatic carbocycles. The maximum absolute atomic E-state index is 13.9. The van der Waals surface area contributed by atoms with E-state index in [2.05, 4.69) is 15.6 Å². The lowest BCUT2D eigenvalue weighted by atomic mass is 9.99. The van der Waals surface area contributed by atoms with Crippen LogP contribution in [0.15, 0.2) is 65.6 Å². The number of aliphatic hydroxyl groups is 1. The first-order valence-electron chi connectivity index (χ1n) is 13.6. The van der Waals surface area contributed by atoms with Gasteiger partial charge in [-0.05, 0) is 55.2 Å². The molecule has 10 nitrogen and oxygen atoms in total. The van der Waals surface area contributed by atoms with Gasteiger partial charge in [0.2, 0.25) is 10.0 Å². The van der Waals surface area contributed by atoms with Crippen LogP contribution in [0.2, 0.25) is 0 Å². The number of sulfonamides is 1. The Labute approximate surface area is 250 Å². The van der Waals surface area contributed by atoms with Crippen LogP contribution in [0.3, 0.4) is 0 Å². The van der Waals surface area contributed by atoms with E-state index in [4.69, 9.17) is 5.73 Å². The molecule has 0 saturated heterocycles. The molecule has 3 aromatic carbocycles. The number of aliphatic hydroxyl groups excluding tert-OH is 1. The molecule has 0 radical (unpaired) electrons. The maximum Gasteiger partial charge on any atom is 0.252 e. The van der Waals surface area contributed by atoms with Crippen LogP contribution in [0.25, 0.3) is 10.2 Å². The van der Waals surface area contributed by atoms with Crippen molar-refractivity contribution >= 4 is 48.3 Å². The third-order valence-electron chi connectivity index (χ3n) is 6.96. The Bertz CT molecular complexity index is 1660. The second-order valence-electron chi connectivity index (χ2n) is 10.6. The van der Waals surface area contributed by atoms with Crippen molar-refractivity contribution < 1.29 is 23.4 Å². The van der Waals surface area contributed by atoms with E-state index in [0.717, 1.165) is 10.3 Å². The predicted molar refractivity (Wildman–Crippen MR) is 167 cm³/mol. The van der Waals surface area contributed by atoms with Crippen molar-refractivity contribution in [1.82, 2.24) is 14.6 Å². The normalized spacial score (nSPS) is 13.4. The molecule has 0 aliphatic rings. The minimum Gasteiger partial charge on any atom is -0.505 e. The molecule has 4 aromatic rings. The van der Waals surface area contributed by atoms with E-state index in [1.54, 1.807) is 26.1 Å². The molecule has 4 rings (SSSR count). The number of hydrogen-bond donors (Lipinski definition) is 5. The number of phenols is 1. The highest BCUT2D eigenvalue weighted by atomic mass is 32.2. The Morgan fingerprint density at radius 3 is 2.48 bits per heavy atom. The monoisotopic (exact) mass is 611 g/mol. The van der Waals surface area contributed by atoms with Gasteiger partial charge in [-0.2, -0.15) is 4.31 Å². The van der Waals surface area contributed by atoms with Crippen LogP contribution in [0.1, 0.15) is 35.3 Å². The number of carbonyl (C=O) groups is 1. The molecule has 0 saturated carbocycles.